The standard InChI is InChI=1S/C25H31FN4O2/c1-16-19(6-4-7-20(16)26)25(32)29-14-17-12-18(15-29)23(30-11-3-2-9-22(17)30)13-28-24(31)21-8-5-10-27-21/h4-8,10,17-18,22-23,27H,2-3,9,11-15H2,1H3,(H,28,31)/t17-,18+,22+,23+/m1/s1. The van der Waals surface area contributed by atoms with Gasteiger partial charge in [-0.3, -0.25) is 14.5 Å². The Morgan fingerprint density at radius 2 is 2.00 bits per heavy atom. The Morgan fingerprint density at radius 3 is 2.81 bits per heavy atom. The zero-order valence-corrected chi connectivity index (χ0v) is 18.5. The van der Waals surface area contributed by atoms with Gasteiger partial charge < -0.3 is 15.2 Å². The number of hydrogen-bond acceptors (Lipinski definition) is 3. The van der Waals surface area contributed by atoms with Gasteiger partial charge in [0.15, 0.2) is 0 Å². The Balaban J connectivity index is 1.36. The third-order valence-electron chi connectivity index (χ3n) is 7.72. The lowest BCUT2D eigenvalue weighted by atomic mass is 9.72. The first-order chi connectivity index (χ1) is 15.5. The molecular weight excluding hydrogens is 407 g/mol. The Hall–Kier alpha value is -2.67. The molecule has 1 aromatic heterocycles. The van der Waals surface area contributed by atoms with Gasteiger partial charge in [-0.1, -0.05) is 12.5 Å². The quantitative estimate of drug-likeness (QED) is 0.770. The van der Waals surface area contributed by atoms with E-state index in [1.54, 1.807) is 31.3 Å². The number of aromatic nitrogens is 1. The van der Waals surface area contributed by atoms with Crippen LogP contribution < -0.4 is 5.32 Å². The second kappa shape index (κ2) is 8.70. The zero-order chi connectivity index (χ0) is 22.2. The fraction of sp³-hybridized carbons (Fsp3) is 0.520. The van der Waals surface area contributed by atoms with E-state index in [9.17, 15) is 14.0 Å². The highest BCUT2D eigenvalue weighted by molar-refractivity contribution is 5.95. The Bertz CT molecular complexity index is 992. The molecule has 3 fully saturated rings. The zero-order valence-electron chi connectivity index (χ0n) is 18.5. The van der Waals surface area contributed by atoms with Crippen molar-refractivity contribution in [2.75, 3.05) is 26.2 Å². The minimum Gasteiger partial charge on any atom is -0.357 e. The third-order valence-corrected chi connectivity index (χ3v) is 7.72. The molecule has 2 N–H and O–H groups in total. The number of carbonyl (C=O) groups excluding carboxylic acids is 2. The van der Waals surface area contributed by atoms with Crippen LogP contribution in [0.3, 0.4) is 0 Å². The Labute approximate surface area is 188 Å². The topological polar surface area (TPSA) is 68.4 Å². The van der Waals surface area contributed by atoms with E-state index >= 15 is 0 Å². The molecule has 0 radical (unpaired) electrons. The molecule has 3 saturated heterocycles. The first kappa shape index (κ1) is 21.2. The van der Waals surface area contributed by atoms with Crippen molar-refractivity contribution in [3.8, 4) is 0 Å². The van der Waals surface area contributed by atoms with Crippen LogP contribution in [0.2, 0.25) is 0 Å². The maximum absolute atomic E-state index is 14.1. The number of carbonyl (C=O) groups is 2. The first-order valence-electron chi connectivity index (χ1n) is 11.7. The highest BCUT2D eigenvalue weighted by atomic mass is 19.1. The summed E-state index contributed by atoms with van der Waals surface area (Å²) in [5, 5.41) is 3.12. The summed E-state index contributed by atoms with van der Waals surface area (Å²) in [5.41, 5.74) is 1.44. The molecule has 5 rings (SSSR count). The summed E-state index contributed by atoms with van der Waals surface area (Å²) < 4.78 is 14.1. The number of halogens is 1. The molecule has 3 aliphatic rings. The van der Waals surface area contributed by atoms with Crippen molar-refractivity contribution in [2.45, 2.75) is 44.7 Å². The maximum atomic E-state index is 14.1. The van der Waals surface area contributed by atoms with Crippen LogP contribution in [0.15, 0.2) is 36.5 Å². The number of amides is 2. The fourth-order valence-electron chi connectivity index (χ4n) is 6.13. The molecule has 2 amide bonds. The van der Waals surface area contributed by atoms with Crippen molar-refractivity contribution in [1.82, 2.24) is 20.1 Å². The number of hydrogen-bond donors (Lipinski definition) is 2. The average Bonchev–Trinajstić information content (AvgIpc) is 3.35. The molecule has 6 nitrogen and oxygen atoms in total. The summed E-state index contributed by atoms with van der Waals surface area (Å²) in [6, 6.07) is 8.99. The van der Waals surface area contributed by atoms with Crippen LogP contribution in [0, 0.1) is 24.6 Å². The molecule has 170 valence electrons. The molecule has 0 unspecified atom stereocenters. The van der Waals surface area contributed by atoms with E-state index < -0.39 is 0 Å². The van der Waals surface area contributed by atoms with Gasteiger partial charge >= 0.3 is 0 Å². The smallest absolute Gasteiger partial charge is 0.267 e. The van der Waals surface area contributed by atoms with Crippen LogP contribution in [-0.2, 0) is 0 Å². The largest absolute Gasteiger partial charge is 0.357 e. The number of nitrogens with zero attached hydrogens (tertiary/aromatic N) is 2. The van der Waals surface area contributed by atoms with Crippen LogP contribution in [0.4, 0.5) is 4.39 Å². The minimum absolute atomic E-state index is 0.0740. The molecule has 3 aliphatic heterocycles. The normalized spacial score (nSPS) is 27.6. The second-order valence-electron chi connectivity index (χ2n) is 9.54. The van der Waals surface area contributed by atoms with Gasteiger partial charge in [0.1, 0.15) is 11.5 Å². The monoisotopic (exact) mass is 438 g/mol. The number of H-pyrrole nitrogens is 1. The number of nitrogens with one attached hydrogen (secondary N) is 2. The van der Waals surface area contributed by atoms with E-state index in [0.717, 1.165) is 25.9 Å². The van der Waals surface area contributed by atoms with E-state index in [1.165, 1.54) is 18.9 Å². The van der Waals surface area contributed by atoms with E-state index in [4.69, 9.17) is 0 Å². The summed E-state index contributed by atoms with van der Waals surface area (Å²) in [6.07, 6.45) is 6.36. The van der Waals surface area contributed by atoms with Gasteiger partial charge in [-0.15, -0.1) is 0 Å². The second-order valence-corrected chi connectivity index (χ2v) is 9.54. The highest BCUT2D eigenvalue weighted by Crippen LogP contribution is 2.41. The number of aromatic amines is 1. The van der Waals surface area contributed by atoms with Crippen molar-refractivity contribution in [1.29, 1.82) is 0 Å². The molecule has 4 atom stereocenters. The van der Waals surface area contributed by atoms with E-state index in [2.05, 4.69) is 15.2 Å². The highest BCUT2D eigenvalue weighted by Gasteiger charge is 2.48. The van der Waals surface area contributed by atoms with Crippen molar-refractivity contribution in [3.63, 3.8) is 0 Å². The van der Waals surface area contributed by atoms with Crippen molar-refractivity contribution in [3.05, 3.63) is 59.2 Å². The van der Waals surface area contributed by atoms with Gasteiger partial charge in [0.25, 0.3) is 11.8 Å². The van der Waals surface area contributed by atoms with Crippen molar-refractivity contribution in [2.24, 2.45) is 11.8 Å². The molecule has 0 aliphatic carbocycles. The van der Waals surface area contributed by atoms with Gasteiger partial charge in [-0.25, -0.2) is 4.39 Å². The summed E-state index contributed by atoms with van der Waals surface area (Å²) >= 11 is 0. The molecule has 0 spiro atoms. The Morgan fingerprint density at radius 1 is 1.16 bits per heavy atom. The Kier molecular flexibility index (Phi) is 5.76. The van der Waals surface area contributed by atoms with Crippen molar-refractivity contribution >= 4 is 11.8 Å². The number of rotatable bonds is 4. The predicted molar refractivity (Wildman–Crippen MR) is 120 cm³/mol. The van der Waals surface area contributed by atoms with Crippen LogP contribution in [0.5, 0.6) is 0 Å². The number of benzene rings is 1. The molecule has 2 aromatic rings. The SMILES string of the molecule is Cc1c(F)cccc1C(=O)N1C[C@H]2C[C@@H](C1)[C@H](CNC(=O)c1ccc[nH]1)N1CCCC[C@@H]21. The molecule has 1 aromatic carbocycles. The molecule has 32 heavy (non-hydrogen) atoms. The maximum Gasteiger partial charge on any atom is 0.267 e. The molecule has 7 heteroatoms. The lowest BCUT2D eigenvalue weighted by Crippen LogP contribution is -2.66. The lowest BCUT2D eigenvalue weighted by molar-refractivity contribution is -0.0631. The third kappa shape index (κ3) is 3.83. The summed E-state index contributed by atoms with van der Waals surface area (Å²) in [6.45, 7) is 4.69. The van der Waals surface area contributed by atoms with E-state index in [-0.39, 0.29) is 23.7 Å². The lowest BCUT2D eigenvalue weighted by Gasteiger charge is -2.56. The molecule has 2 bridgehead atoms. The van der Waals surface area contributed by atoms with Crippen LogP contribution in [0.25, 0.3) is 0 Å². The number of likely N-dealkylation sites (tertiary alicyclic amines) is 1. The van der Waals surface area contributed by atoms with Crippen molar-refractivity contribution < 1.29 is 14.0 Å². The number of piperidine rings is 3. The first-order valence-corrected chi connectivity index (χ1v) is 11.7. The van der Waals surface area contributed by atoms with Crippen LogP contribution in [-0.4, -0.2) is 64.9 Å². The van der Waals surface area contributed by atoms with Gasteiger partial charge in [0.2, 0.25) is 0 Å². The molecule has 4 heterocycles. The molecule has 0 saturated carbocycles. The van der Waals surface area contributed by atoms with E-state index in [0.29, 0.717) is 47.8 Å². The molecular formula is C25H31FN4O2. The van der Waals surface area contributed by atoms with Crippen LogP contribution >= 0.6 is 0 Å². The summed E-state index contributed by atoms with van der Waals surface area (Å²) in [5.74, 6) is 0.225. The minimum atomic E-state index is -0.337. The van der Waals surface area contributed by atoms with Crippen LogP contribution in [0.1, 0.15) is 52.1 Å². The number of fused-ring (bicyclic) bond motifs is 4. The predicted octanol–water partition coefficient (Wildman–Crippen LogP) is 3.21. The van der Waals surface area contributed by atoms with Gasteiger partial charge in [0, 0.05) is 43.5 Å². The fourth-order valence-corrected chi connectivity index (χ4v) is 6.13. The summed E-state index contributed by atoms with van der Waals surface area (Å²) in [7, 11) is 0. The van der Waals surface area contributed by atoms with E-state index in [1.807, 2.05) is 11.0 Å². The van der Waals surface area contributed by atoms with Gasteiger partial charge in [-0.05, 0) is 74.4 Å². The average molecular weight is 439 g/mol. The van der Waals surface area contributed by atoms with Gasteiger partial charge in [0.05, 0.1) is 0 Å². The summed E-state index contributed by atoms with van der Waals surface area (Å²) in [4.78, 5) is 33.4. The van der Waals surface area contributed by atoms with Gasteiger partial charge in [-0.2, -0.15) is 0 Å².